The summed E-state index contributed by atoms with van der Waals surface area (Å²) in [4.78, 5) is 14.2. The Labute approximate surface area is 129 Å². The van der Waals surface area contributed by atoms with E-state index in [1.165, 1.54) is 18.4 Å². The molecular formula is C18H18N2O2. The highest BCUT2D eigenvalue weighted by atomic mass is 16.5. The van der Waals surface area contributed by atoms with E-state index in [1.807, 2.05) is 18.2 Å². The second-order valence-electron chi connectivity index (χ2n) is 5.79. The van der Waals surface area contributed by atoms with Crippen LogP contribution in [-0.2, 0) is 9.53 Å². The highest BCUT2D eigenvalue weighted by molar-refractivity contribution is 5.79. The molecule has 1 saturated heterocycles. The third-order valence-corrected chi connectivity index (χ3v) is 4.64. The molecule has 3 atom stereocenters. The van der Waals surface area contributed by atoms with Gasteiger partial charge in [-0.05, 0) is 30.2 Å². The standard InChI is InChI=1S/C18H18N2O2/c1-22-18(21)15-11-14-13-9-5-6-10-16(13)20(17(14)19-15)12-7-3-2-4-8-12/h2-10,14-15,17,19H,11H2,1H3/t14-,15+,17+/m1/s1. The summed E-state index contributed by atoms with van der Waals surface area (Å²) in [5.41, 5.74) is 3.66. The van der Waals surface area contributed by atoms with E-state index in [9.17, 15) is 4.79 Å². The Hall–Kier alpha value is -2.33. The molecule has 0 amide bonds. The first-order valence-electron chi connectivity index (χ1n) is 7.56. The maximum absolute atomic E-state index is 11.9. The molecule has 4 heteroatoms. The van der Waals surface area contributed by atoms with Crippen LogP contribution in [0.4, 0.5) is 11.4 Å². The second-order valence-corrected chi connectivity index (χ2v) is 5.79. The molecule has 4 nitrogen and oxygen atoms in total. The van der Waals surface area contributed by atoms with Crippen LogP contribution in [0, 0.1) is 0 Å². The summed E-state index contributed by atoms with van der Waals surface area (Å²) >= 11 is 0. The number of rotatable bonds is 2. The lowest BCUT2D eigenvalue weighted by Gasteiger charge is -2.28. The number of nitrogens with zero attached hydrogens (tertiary/aromatic N) is 1. The molecule has 0 aromatic heterocycles. The number of hydrogen-bond donors (Lipinski definition) is 1. The molecule has 112 valence electrons. The second kappa shape index (κ2) is 5.14. The minimum Gasteiger partial charge on any atom is -0.468 e. The zero-order valence-electron chi connectivity index (χ0n) is 12.4. The maximum Gasteiger partial charge on any atom is 0.322 e. The number of ether oxygens (including phenoxy) is 1. The van der Waals surface area contributed by atoms with E-state index < -0.39 is 0 Å². The van der Waals surface area contributed by atoms with Crippen LogP contribution in [-0.4, -0.2) is 25.3 Å². The van der Waals surface area contributed by atoms with Gasteiger partial charge in [-0.3, -0.25) is 10.1 Å². The SMILES string of the molecule is COC(=O)[C@@H]1C[C@@H]2c3ccccc3N(c3ccccc3)[C@@H]2N1. The van der Waals surface area contributed by atoms with E-state index in [2.05, 4.69) is 46.6 Å². The lowest BCUT2D eigenvalue weighted by molar-refractivity contribution is -0.142. The molecule has 2 aliphatic heterocycles. The van der Waals surface area contributed by atoms with Crippen LogP contribution >= 0.6 is 0 Å². The number of hydrogen-bond acceptors (Lipinski definition) is 4. The summed E-state index contributed by atoms with van der Waals surface area (Å²) in [6.45, 7) is 0. The molecular weight excluding hydrogens is 276 g/mol. The summed E-state index contributed by atoms with van der Waals surface area (Å²) in [6, 6.07) is 18.5. The quantitative estimate of drug-likeness (QED) is 0.865. The average Bonchev–Trinajstić information content (AvgIpc) is 3.12. The summed E-state index contributed by atoms with van der Waals surface area (Å²) in [5.74, 6) is 0.125. The summed E-state index contributed by atoms with van der Waals surface area (Å²) in [7, 11) is 1.45. The number of methoxy groups -OCH3 is 1. The van der Waals surface area contributed by atoms with Crippen LogP contribution in [0.15, 0.2) is 54.6 Å². The Morgan fingerprint density at radius 1 is 1.14 bits per heavy atom. The van der Waals surface area contributed by atoms with Gasteiger partial charge in [0, 0.05) is 17.3 Å². The predicted molar refractivity (Wildman–Crippen MR) is 85.1 cm³/mol. The van der Waals surface area contributed by atoms with Crippen LogP contribution in [0.2, 0.25) is 0 Å². The van der Waals surface area contributed by atoms with Gasteiger partial charge in [-0.1, -0.05) is 36.4 Å². The first-order chi connectivity index (χ1) is 10.8. The van der Waals surface area contributed by atoms with Crippen molar-refractivity contribution in [3.8, 4) is 0 Å². The Morgan fingerprint density at radius 2 is 1.86 bits per heavy atom. The maximum atomic E-state index is 11.9. The van der Waals surface area contributed by atoms with Crippen molar-refractivity contribution in [3.05, 3.63) is 60.2 Å². The van der Waals surface area contributed by atoms with Gasteiger partial charge >= 0.3 is 5.97 Å². The van der Waals surface area contributed by atoms with Gasteiger partial charge in [-0.15, -0.1) is 0 Å². The summed E-state index contributed by atoms with van der Waals surface area (Å²) in [5, 5.41) is 3.45. The van der Waals surface area contributed by atoms with Crippen LogP contribution < -0.4 is 10.2 Å². The van der Waals surface area contributed by atoms with Crippen molar-refractivity contribution < 1.29 is 9.53 Å². The van der Waals surface area contributed by atoms with E-state index in [4.69, 9.17) is 4.74 Å². The lowest BCUT2D eigenvalue weighted by Crippen LogP contribution is -2.43. The minimum atomic E-state index is -0.237. The zero-order valence-corrected chi connectivity index (χ0v) is 12.4. The smallest absolute Gasteiger partial charge is 0.322 e. The summed E-state index contributed by atoms with van der Waals surface area (Å²) in [6.07, 6.45) is 0.876. The minimum absolute atomic E-state index is 0.101. The van der Waals surface area contributed by atoms with Crippen LogP contribution in [0.1, 0.15) is 17.9 Å². The van der Waals surface area contributed by atoms with Crippen molar-refractivity contribution in [2.75, 3.05) is 12.0 Å². The molecule has 22 heavy (non-hydrogen) atoms. The fourth-order valence-corrected chi connectivity index (χ4v) is 3.69. The molecule has 0 unspecified atom stereocenters. The van der Waals surface area contributed by atoms with Crippen LogP contribution in [0.25, 0.3) is 0 Å². The van der Waals surface area contributed by atoms with Crippen molar-refractivity contribution in [2.24, 2.45) is 0 Å². The fraction of sp³-hybridized carbons (Fsp3) is 0.278. The van der Waals surface area contributed by atoms with Crippen LogP contribution in [0.5, 0.6) is 0 Å². The number of carbonyl (C=O) groups is 1. The summed E-state index contributed by atoms with van der Waals surface area (Å²) < 4.78 is 4.91. The highest BCUT2D eigenvalue weighted by Crippen LogP contribution is 2.48. The van der Waals surface area contributed by atoms with E-state index in [0.717, 1.165) is 12.1 Å². The normalized spacial score (nSPS) is 25.7. The van der Waals surface area contributed by atoms with Crippen LogP contribution in [0.3, 0.4) is 0 Å². The predicted octanol–water partition coefficient (Wildman–Crippen LogP) is 2.78. The largest absolute Gasteiger partial charge is 0.468 e. The monoisotopic (exact) mass is 294 g/mol. The first kappa shape index (κ1) is 13.3. The van der Waals surface area contributed by atoms with Crippen molar-refractivity contribution in [2.45, 2.75) is 24.5 Å². The molecule has 0 bridgehead atoms. The van der Waals surface area contributed by atoms with Crippen molar-refractivity contribution >= 4 is 17.3 Å². The van der Waals surface area contributed by atoms with E-state index in [1.54, 1.807) is 0 Å². The molecule has 2 aromatic carbocycles. The number of benzene rings is 2. The molecule has 1 fully saturated rings. The Balaban J connectivity index is 1.76. The highest BCUT2D eigenvalue weighted by Gasteiger charge is 2.47. The molecule has 1 N–H and O–H groups in total. The number of esters is 1. The van der Waals surface area contributed by atoms with Gasteiger partial charge in [0.2, 0.25) is 0 Å². The Morgan fingerprint density at radius 3 is 2.64 bits per heavy atom. The molecule has 4 rings (SSSR count). The van der Waals surface area contributed by atoms with Crippen molar-refractivity contribution in [1.29, 1.82) is 0 Å². The number of carbonyl (C=O) groups excluding carboxylic acids is 1. The van der Waals surface area contributed by atoms with Gasteiger partial charge in [-0.25, -0.2) is 0 Å². The number of anilines is 2. The molecule has 0 radical (unpaired) electrons. The molecule has 0 spiro atoms. The zero-order chi connectivity index (χ0) is 15.1. The van der Waals surface area contributed by atoms with Gasteiger partial charge in [-0.2, -0.15) is 0 Å². The molecule has 0 aliphatic carbocycles. The van der Waals surface area contributed by atoms with Crippen molar-refractivity contribution in [1.82, 2.24) is 5.32 Å². The van der Waals surface area contributed by atoms with Gasteiger partial charge in [0.15, 0.2) is 0 Å². The third-order valence-electron chi connectivity index (χ3n) is 4.64. The van der Waals surface area contributed by atoms with Crippen molar-refractivity contribution in [3.63, 3.8) is 0 Å². The van der Waals surface area contributed by atoms with Gasteiger partial charge < -0.3 is 9.64 Å². The lowest BCUT2D eigenvalue weighted by atomic mass is 9.96. The van der Waals surface area contributed by atoms with Gasteiger partial charge in [0.25, 0.3) is 0 Å². The van der Waals surface area contributed by atoms with Gasteiger partial charge in [0.1, 0.15) is 6.04 Å². The number of fused-ring (bicyclic) bond motifs is 3. The molecule has 0 saturated carbocycles. The number of nitrogens with one attached hydrogen (secondary N) is 1. The topological polar surface area (TPSA) is 41.6 Å². The molecule has 2 heterocycles. The van der Waals surface area contributed by atoms with E-state index >= 15 is 0 Å². The Kier molecular flexibility index (Phi) is 3.12. The molecule has 2 aromatic rings. The first-order valence-corrected chi connectivity index (χ1v) is 7.56. The van der Waals surface area contributed by atoms with Gasteiger partial charge in [0.05, 0.1) is 13.3 Å². The molecule has 2 aliphatic rings. The fourth-order valence-electron chi connectivity index (χ4n) is 3.69. The third kappa shape index (κ3) is 1.91. The Bertz CT molecular complexity index is 701. The van der Waals surface area contributed by atoms with E-state index in [-0.39, 0.29) is 18.2 Å². The van der Waals surface area contributed by atoms with E-state index in [0.29, 0.717) is 5.92 Å². The average molecular weight is 294 g/mol. The number of para-hydroxylation sites is 2.